The molecule has 8 heteroatoms. The van der Waals surface area contributed by atoms with Gasteiger partial charge in [0.1, 0.15) is 17.2 Å². The van der Waals surface area contributed by atoms with Gasteiger partial charge in [-0.15, -0.1) is 0 Å². The Balaban J connectivity index is 1.62. The van der Waals surface area contributed by atoms with Crippen molar-refractivity contribution >= 4 is 17.6 Å². The molecular weight excluding hydrogens is 371 g/mol. The van der Waals surface area contributed by atoms with Crippen LogP contribution in [-0.2, 0) is 0 Å². The number of hydrogen-bond acceptors (Lipinski definition) is 7. The summed E-state index contributed by atoms with van der Waals surface area (Å²) in [5.74, 6) is 1.20. The molecule has 2 fully saturated rings. The van der Waals surface area contributed by atoms with E-state index in [1.165, 1.54) is 12.1 Å². The number of piperidine rings is 1. The summed E-state index contributed by atoms with van der Waals surface area (Å²) >= 11 is 0. The molecule has 0 unspecified atom stereocenters. The van der Waals surface area contributed by atoms with E-state index in [1.807, 2.05) is 4.90 Å². The number of guanidine groups is 2. The van der Waals surface area contributed by atoms with Crippen LogP contribution in [0.1, 0.15) is 44.9 Å². The molecule has 1 aromatic carbocycles. The number of anilines is 1. The summed E-state index contributed by atoms with van der Waals surface area (Å²) in [6.45, 7) is 2.76. The largest absolute Gasteiger partial charge is 0.491 e. The summed E-state index contributed by atoms with van der Waals surface area (Å²) in [5, 5.41) is 0. The van der Waals surface area contributed by atoms with E-state index in [2.05, 4.69) is 21.9 Å². The minimum Gasteiger partial charge on any atom is -0.491 e. The van der Waals surface area contributed by atoms with Crippen LogP contribution < -0.4 is 21.1 Å². The van der Waals surface area contributed by atoms with Crippen LogP contribution in [0.3, 0.4) is 0 Å². The highest BCUT2D eigenvalue weighted by molar-refractivity contribution is 6.06. The van der Waals surface area contributed by atoms with Gasteiger partial charge in [-0.3, -0.25) is 4.90 Å². The van der Waals surface area contributed by atoms with Crippen molar-refractivity contribution in [3.63, 3.8) is 0 Å². The van der Waals surface area contributed by atoms with Gasteiger partial charge in [-0.05, 0) is 76.7 Å². The molecule has 1 spiro atoms. The van der Waals surface area contributed by atoms with E-state index < -0.39 is 5.66 Å². The van der Waals surface area contributed by atoms with Gasteiger partial charge in [-0.25, -0.2) is 9.38 Å². The molecule has 0 aromatic heterocycles. The van der Waals surface area contributed by atoms with Crippen LogP contribution >= 0.6 is 0 Å². The Morgan fingerprint density at radius 2 is 1.90 bits per heavy atom. The summed E-state index contributed by atoms with van der Waals surface area (Å²) in [5.41, 5.74) is 12.2. The van der Waals surface area contributed by atoms with Gasteiger partial charge in [-0.1, -0.05) is 6.42 Å². The first kappa shape index (κ1) is 19.9. The van der Waals surface area contributed by atoms with Crippen molar-refractivity contribution in [3.8, 4) is 5.75 Å². The Hall–Kier alpha value is -2.35. The van der Waals surface area contributed by atoms with Gasteiger partial charge in [0.25, 0.3) is 0 Å². The predicted molar refractivity (Wildman–Crippen MR) is 114 cm³/mol. The highest BCUT2D eigenvalue weighted by Gasteiger charge is 2.43. The smallest absolute Gasteiger partial charge is 0.220 e. The maximum Gasteiger partial charge on any atom is 0.220 e. The molecular formula is C21H31FN6O. The Bertz CT molecular complexity index is 796. The molecule has 0 radical (unpaired) electrons. The average molecular weight is 403 g/mol. The molecule has 7 nitrogen and oxygen atoms in total. The maximum atomic E-state index is 14.3. The quantitative estimate of drug-likeness (QED) is 0.808. The lowest BCUT2D eigenvalue weighted by molar-refractivity contribution is 0.160. The lowest BCUT2D eigenvalue weighted by atomic mass is 9.87. The first-order valence-electron chi connectivity index (χ1n) is 10.6. The van der Waals surface area contributed by atoms with Crippen molar-refractivity contribution in [3.05, 3.63) is 24.0 Å². The molecule has 1 saturated heterocycles. The number of ether oxygens (including phenoxy) is 1. The number of aliphatic imine (C=N–C) groups is 2. The third kappa shape index (κ3) is 4.17. The second-order valence-electron chi connectivity index (χ2n) is 8.49. The van der Waals surface area contributed by atoms with E-state index in [0.29, 0.717) is 24.0 Å². The van der Waals surface area contributed by atoms with Crippen LogP contribution in [0.4, 0.5) is 10.1 Å². The summed E-state index contributed by atoms with van der Waals surface area (Å²) < 4.78 is 20.5. The molecule has 1 saturated carbocycles. The summed E-state index contributed by atoms with van der Waals surface area (Å²) in [6, 6.07) is 4.58. The Labute approximate surface area is 171 Å². The molecule has 2 aliphatic heterocycles. The maximum absolute atomic E-state index is 14.3. The Morgan fingerprint density at radius 3 is 2.62 bits per heavy atom. The van der Waals surface area contributed by atoms with Crippen molar-refractivity contribution in [2.45, 2.75) is 50.6 Å². The molecule has 29 heavy (non-hydrogen) atoms. The average Bonchev–Trinajstić information content (AvgIpc) is 2.68. The molecule has 0 amide bonds. The Morgan fingerprint density at radius 1 is 1.17 bits per heavy atom. The lowest BCUT2D eigenvalue weighted by Gasteiger charge is -2.46. The fourth-order valence-corrected chi connectivity index (χ4v) is 4.69. The predicted octanol–water partition coefficient (Wildman–Crippen LogP) is 2.66. The molecule has 4 rings (SSSR count). The number of hydrogen-bond donors (Lipinski definition) is 2. The fourth-order valence-electron chi connectivity index (χ4n) is 4.69. The van der Waals surface area contributed by atoms with Crippen LogP contribution in [0.15, 0.2) is 28.2 Å². The molecule has 3 aliphatic rings. The van der Waals surface area contributed by atoms with E-state index in [0.717, 1.165) is 58.0 Å². The number of benzene rings is 1. The van der Waals surface area contributed by atoms with Crippen LogP contribution in [-0.4, -0.2) is 49.2 Å². The number of nitrogens with two attached hydrogens (primary N) is 2. The highest BCUT2D eigenvalue weighted by Crippen LogP contribution is 2.43. The first-order chi connectivity index (χ1) is 14.0. The van der Waals surface area contributed by atoms with E-state index in [4.69, 9.17) is 16.2 Å². The molecule has 2 heterocycles. The van der Waals surface area contributed by atoms with Gasteiger partial charge >= 0.3 is 0 Å². The van der Waals surface area contributed by atoms with E-state index in [-0.39, 0.29) is 17.7 Å². The van der Waals surface area contributed by atoms with Gasteiger partial charge in [0.2, 0.25) is 11.9 Å². The minimum atomic E-state index is -0.617. The summed E-state index contributed by atoms with van der Waals surface area (Å²) in [4.78, 5) is 13.0. The van der Waals surface area contributed by atoms with Crippen molar-refractivity contribution in [2.24, 2.45) is 27.4 Å². The van der Waals surface area contributed by atoms with Crippen LogP contribution in [0, 0.1) is 11.7 Å². The van der Waals surface area contributed by atoms with E-state index in [9.17, 15) is 4.39 Å². The van der Waals surface area contributed by atoms with Crippen molar-refractivity contribution < 1.29 is 9.13 Å². The normalized spacial score (nSPS) is 23.0. The van der Waals surface area contributed by atoms with Gasteiger partial charge in [0.15, 0.2) is 0 Å². The van der Waals surface area contributed by atoms with Crippen LogP contribution in [0.2, 0.25) is 0 Å². The lowest BCUT2D eigenvalue weighted by Crippen LogP contribution is -2.58. The van der Waals surface area contributed by atoms with Crippen molar-refractivity contribution in [1.82, 2.24) is 4.90 Å². The third-order valence-electron chi connectivity index (χ3n) is 6.33. The second kappa shape index (κ2) is 8.18. The SMILES string of the molecule is CN1CCC(COc2ccc(F)cc2N2C(N)=NC(N)=NC23CCCCC3)CC1. The van der Waals surface area contributed by atoms with Gasteiger partial charge in [-0.2, -0.15) is 4.99 Å². The van der Waals surface area contributed by atoms with Gasteiger partial charge < -0.3 is 21.1 Å². The molecule has 1 aromatic rings. The van der Waals surface area contributed by atoms with E-state index in [1.54, 1.807) is 6.07 Å². The van der Waals surface area contributed by atoms with Crippen LogP contribution in [0.5, 0.6) is 5.75 Å². The zero-order valence-corrected chi connectivity index (χ0v) is 17.1. The van der Waals surface area contributed by atoms with Crippen molar-refractivity contribution in [2.75, 3.05) is 31.6 Å². The number of nitrogens with zero attached hydrogens (tertiary/aromatic N) is 4. The molecule has 158 valence electrons. The minimum absolute atomic E-state index is 0.186. The monoisotopic (exact) mass is 402 g/mol. The molecule has 0 bridgehead atoms. The van der Waals surface area contributed by atoms with Crippen molar-refractivity contribution in [1.29, 1.82) is 0 Å². The standard InChI is InChI=1S/C21H31FN6O/c1-27-11-7-15(8-12-27)14-29-18-6-5-16(22)13-17(18)28-20(24)25-19(23)26-21(28)9-3-2-4-10-21/h5-6,13,15H,2-4,7-12,14H2,1H3,(H4,23,24,25,26). The summed E-state index contributed by atoms with van der Waals surface area (Å²) in [6.07, 6.45) is 6.98. The number of rotatable bonds is 4. The third-order valence-corrected chi connectivity index (χ3v) is 6.33. The highest BCUT2D eigenvalue weighted by atomic mass is 19.1. The zero-order chi connectivity index (χ0) is 20.4. The molecule has 0 atom stereocenters. The molecule has 4 N–H and O–H groups in total. The first-order valence-corrected chi connectivity index (χ1v) is 10.6. The van der Waals surface area contributed by atoms with Gasteiger partial charge in [0.05, 0.1) is 12.3 Å². The zero-order valence-electron chi connectivity index (χ0n) is 17.1. The second-order valence-corrected chi connectivity index (χ2v) is 8.49. The fraction of sp³-hybridized carbons (Fsp3) is 0.619. The van der Waals surface area contributed by atoms with Gasteiger partial charge in [0, 0.05) is 6.07 Å². The van der Waals surface area contributed by atoms with E-state index >= 15 is 0 Å². The Kier molecular flexibility index (Phi) is 5.63. The number of likely N-dealkylation sites (tertiary alicyclic amines) is 1. The molecule has 1 aliphatic carbocycles. The summed E-state index contributed by atoms with van der Waals surface area (Å²) in [7, 11) is 2.14. The topological polar surface area (TPSA) is 92.5 Å². The number of halogens is 1. The van der Waals surface area contributed by atoms with Crippen LogP contribution in [0.25, 0.3) is 0 Å².